The van der Waals surface area contributed by atoms with Crippen LogP contribution in [0, 0.1) is 0 Å². The summed E-state index contributed by atoms with van der Waals surface area (Å²) in [7, 11) is 0. The van der Waals surface area contributed by atoms with Gasteiger partial charge in [-0.3, -0.25) is 10.1 Å². The molecule has 0 spiro atoms. The van der Waals surface area contributed by atoms with E-state index >= 15 is 0 Å². The lowest BCUT2D eigenvalue weighted by molar-refractivity contribution is 0.102. The zero-order chi connectivity index (χ0) is 19.5. The fraction of sp³-hybridized carbons (Fsp3) is 0.0476. The van der Waals surface area contributed by atoms with Crippen molar-refractivity contribution >= 4 is 55.8 Å². The Morgan fingerprint density at radius 2 is 1.89 bits per heavy atom. The van der Waals surface area contributed by atoms with Crippen molar-refractivity contribution in [2.45, 2.75) is 6.61 Å². The predicted molar refractivity (Wildman–Crippen MR) is 115 cm³/mol. The number of ether oxygens (including phenoxy) is 1. The van der Waals surface area contributed by atoms with Crippen LogP contribution < -0.4 is 10.1 Å². The Bertz CT molecular complexity index is 1130. The van der Waals surface area contributed by atoms with Gasteiger partial charge in [0.1, 0.15) is 12.4 Å². The minimum atomic E-state index is -0.221. The zero-order valence-corrected chi connectivity index (χ0v) is 16.8. The summed E-state index contributed by atoms with van der Waals surface area (Å²) in [5, 5.41) is 4.45. The van der Waals surface area contributed by atoms with Crippen LogP contribution in [-0.4, -0.2) is 10.9 Å². The summed E-state index contributed by atoms with van der Waals surface area (Å²) in [6.45, 7) is 0.266. The average molecular weight is 429 g/mol. The molecule has 4 aromatic rings. The number of aromatic nitrogens is 1. The lowest BCUT2D eigenvalue weighted by Crippen LogP contribution is -2.12. The molecule has 1 aromatic heterocycles. The first-order valence-electron chi connectivity index (χ1n) is 8.42. The molecule has 1 N–H and O–H groups in total. The number of para-hydroxylation sites is 1. The Morgan fingerprint density at radius 1 is 1.04 bits per heavy atom. The highest BCUT2D eigenvalue weighted by atomic mass is 35.5. The minimum Gasteiger partial charge on any atom is -0.487 e. The monoisotopic (exact) mass is 428 g/mol. The largest absolute Gasteiger partial charge is 0.487 e. The van der Waals surface area contributed by atoms with Crippen molar-refractivity contribution in [2.75, 3.05) is 5.32 Å². The van der Waals surface area contributed by atoms with Crippen molar-refractivity contribution in [3.8, 4) is 5.75 Å². The zero-order valence-electron chi connectivity index (χ0n) is 14.5. The SMILES string of the molecule is O=C(Nc1nc2ccccc2s1)c1cccc(COc2cc(Cl)ccc2Cl)c1. The number of anilines is 1. The van der Waals surface area contributed by atoms with Gasteiger partial charge < -0.3 is 4.74 Å². The quantitative estimate of drug-likeness (QED) is 0.398. The Morgan fingerprint density at radius 3 is 2.75 bits per heavy atom. The van der Waals surface area contributed by atoms with E-state index in [0.29, 0.717) is 26.5 Å². The van der Waals surface area contributed by atoms with Gasteiger partial charge in [0.15, 0.2) is 5.13 Å². The molecule has 1 heterocycles. The van der Waals surface area contributed by atoms with Crippen LogP contribution >= 0.6 is 34.5 Å². The number of carbonyl (C=O) groups is 1. The van der Waals surface area contributed by atoms with E-state index in [0.717, 1.165) is 15.8 Å². The number of nitrogens with zero attached hydrogens (tertiary/aromatic N) is 1. The number of carbonyl (C=O) groups excluding carboxylic acids is 1. The molecule has 0 saturated heterocycles. The number of halogens is 2. The molecule has 0 aliphatic heterocycles. The fourth-order valence-corrected chi connectivity index (χ4v) is 3.84. The lowest BCUT2D eigenvalue weighted by Gasteiger charge is -2.09. The first kappa shape index (κ1) is 18.7. The molecule has 140 valence electrons. The van der Waals surface area contributed by atoms with E-state index in [2.05, 4.69) is 10.3 Å². The first-order valence-corrected chi connectivity index (χ1v) is 9.99. The third-order valence-electron chi connectivity index (χ3n) is 3.99. The van der Waals surface area contributed by atoms with Gasteiger partial charge in [-0.05, 0) is 42.0 Å². The lowest BCUT2D eigenvalue weighted by atomic mass is 10.1. The summed E-state index contributed by atoms with van der Waals surface area (Å²) in [6.07, 6.45) is 0. The van der Waals surface area contributed by atoms with Gasteiger partial charge >= 0.3 is 0 Å². The highest BCUT2D eigenvalue weighted by Crippen LogP contribution is 2.29. The Kier molecular flexibility index (Phi) is 5.48. The molecule has 4 nitrogen and oxygen atoms in total. The third-order valence-corrected chi connectivity index (χ3v) is 5.49. The normalized spacial score (nSPS) is 10.8. The van der Waals surface area contributed by atoms with Crippen LogP contribution in [0.15, 0.2) is 66.7 Å². The number of amides is 1. The van der Waals surface area contributed by atoms with Crippen molar-refractivity contribution in [3.63, 3.8) is 0 Å². The molecular formula is C21H14Cl2N2O2S. The van der Waals surface area contributed by atoms with Crippen LogP contribution in [0.3, 0.4) is 0 Å². The van der Waals surface area contributed by atoms with Gasteiger partial charge in [-0.2, -0.15) is 0 Å². The van der Waals surface area contributed by atoms with E-state index in [9.17, 15) is 4.79 Å². The molecule has 1 amide bonds. The van der Waals surface area contributed by atoms with E-state index in [1.165, 1.54) is 11.3 Å². The molecule has 0 fully saturated rings. The van der Waals surface area contributed by atoms with Gasteiger partial charge in [-0.1, -0.05) is 58.8 Å². The number of hydrogen-bond donors (Lipinski definition) is 1. The van der Waals surface area contributed by atoms with E-state index in [1.54, 1.807) is 30.3 Å². The second kappa shape index (κ2) is 8.19. The first-order chi connectivity index (χ1) is 13.6. The van der Waals surface area contributed by atoms with Gasteiger partial charge in [-0.25, -0.2) is 4.98 Å². The van der Waals surface area contributed by atoms with Crippen molar-refractivity contribution in [2.24, 2.45) is 0 Å². The van der Waals surface area contributed by atoms with E-state index in [4.69, 9.17) is 27.9 Å². The second-order valence-corrected chi connectivity index (χ2v) is 7.88. The van der Waals surface area contributed by atoms with Gasteiger partial charge in [0.2, 0.25) is 0 Å². The number of thiazole rings is 1. The summed E-state index contributed by atoms with van der Waals surface area (Å²) >= 11 is 13.5. The molecule has 7 heteroatoms. The Labute approximate surface area is 175 Å². The molecule has 0 atom stereocenters. The van der Waals surface area contributed by atoms with Gasteiger partial charge in [0, 0.05) is 16.7 Å². The number of rotatable bonds is 5. The summed E-state index contributed by atoms with van der Waals surface area (Å²) in [5.74, 6) is 0.278. The number of benzene rings is 3. The minimum absolute atomic E-state index is 0.221. The summed E-state index contributed by atoms with van der Waals surface area (Å²) in [6, 6.07) is 20.0. The average Bonchev–Trinajstić information content (AvgIpc) is 3.11. The Balaban J connectivity index is 1.46. The second-order valence-electron chi connectivity index (χ2n) is 6.00. The molecular weight excluding hydrogens is 415 g/mol. The smallest absolute Gasteiger partial charge is 0.257 e. The summed E-state index contributed by atoms with van der Waals surface area (Å²) in [5.41, 5.74) is 2.23. The highest BCUT2D eigenvalue weighted by Gasteiger charge is 2.11. The van der Waals surface area contributed by atoms with E-state index < -0.39 is 0 Å². The molecule has 3 aromatic carbocycles. The third kappa shape index (κ3) is 4.28. The van der Waals surface area contributed by atoms with Gasteiger partial charge in [0.25, 0.3) is 5.91 Å². The maximum absolute atomic E-state index is 12.6. The summed E-state index contributed by atoms with van der Waals surface area (Å²) < 4.78 is 6.76. The number of nitrogens with one attached hydrogen (secondary N) is 1. The molecule has 28 heavy (non-hydrogen) atoms. The standard InChI is InChI=1S/C21H14Cl2N2O2S/c22-15-8-9-16(23)18(11-15)27-12-13-4-3-5-14(10-13)20(26)25-21-24-17-6-1-2-7-19(17)28-21/h1-11H,12H2,(H,24,25,26). The molecule has 4 rings (SSSR count). The predicted octanol–water partition coefficient (Wildman–Crippen LogP) is 6.43. The number of hydrogen-bond acceptors (Lipinski definition) is 4. The van der Waals surface area contributed by atoms with Crippen LogP contribution in [0.2, 0.25) is 10.0 Å². The maximum atomic E-state index is 12.6. The van der Waals surface area contributed by atoms with Crippen LogP contribution in [0.1, 0.15) is 15.9 Å². The van der Waals surface area contributed by atoms with E-state index in [-0.39, 0.29) is 12.5 Å². The molecule has 0 bridgehead atoms. The summed E-state index contributed by atoms with van der Waals surface area (Å²) in [4.78, 5) is 17.0. The molecule has 0 saturated carbocycles. The van der Waals surface area contributed by atoms with E-state index in [1.807, 2.05) is 36.4 Å². The maximum Gasteiger partial charge on any atom is 0.257 e. The van der Waals surface area contributed by atoms with Crippen LogP contribution in [0.4, 0.5) is 5.13 Å². The van der Waals surface area contributed by atoms with Crippen LogP contribution in [-0.2, 0) is 6.61 Å². The topological polar surface area (TPSA) is 51.2 Å². The van der Waals surface area contributed by atoms with Crippen molar-refractivity contribution < 1.29 is 9.53 Å². The highest BCUT2D eigenvalue weighted by molar-refractivity contribution is 7.22. The van der Waals surface area contributed by atoms with Crippen molar-refractivity contribution in [1.29, 1.82) is 0 Å². The molecule has 0 aliphatic rings. The molecule has 0 radical (unpaired) electrons. The molecule has 0 aliphatic carbocycles. The van der Waals surface area contributed by atoms with Crippen LogP contribution in [0.5, 0.6) is 5.75 Å². The van der Waals surface area contributed by atoms with Crippen molar-refractivity contribution in [3.05, 3.63) is 87.9 Å². The van der Waals surface area contributed by atoms with Crippen molar-refractivity contribution in [1.82, 2.24) is 4.98 Å². The Hall–Kier alpha value is -2.60. The fourth-order valence-electron chi connectivity index (χ4n) is 2.65. The van der Waals surface area contributed by atoms with Gasteiger partial charge in [0.05, 0.1) is 15.2 Å². The number of fused-ring (bicyclic) bond motifs is 1. The van der Waals surface area contributed by atoms with Crippen LogP contribution in [0.25, 0.3) is 10.2 Å². The van der Waals surface area contributed by atoms with Gasteiger partial charge in [-0.15, -0.1) is 0 Å². The molecule has 0 unspecified atom stereocenters.